The molecule has 4 nitrogen and oxygen atoms in total. The molecule has 1 saturated heterocycles. The molecule has 2 bridgehead atoms. The van der Waals surface area contributed by atoms with E-state index < -0.39 is 0 Å². The van der Waals surface area contributed by atoms with Gasteiger partial charge in [-0.15, -0.1) is 0 Å². The van der Waals surface area contributed by atoms with Crippen molar-refractivity contribution < 1.29 is 0 Å². The lowest BCUT2D eigenvalue weighted by Crippen LogP contribution is -2.44. The SMILES string of the molecule is CNc1cc2n(c(=O)c1)C[C@@H]1CNC[C@H]2C1. The minimum absolute atomic E-state index is 0.137. The first kappa shape index (κ1) is 9.90. The first-order valence-corrected chi connectivity index (χ1v) is 5.91. The van der Waals surface area contributed by atoms with Gasteiger partial charge in [-0.1, -0.05) is 0 Å². The number of piperidine rings is 1. The van der Waals surface area contributed by atoms with Crippen molar-refractivity contribution in [2.24, 2.45) is 5.92 Å². The van der Waals surface area contributed by atoms with E-state index in [0.717, 1.165) is 25.3 Å². The fourth-order valence-electron chi connectivity index (χ4n) is 2.95. The van der Waals surface area contributed by atoms with Crippen LogP contribution in [0.15, 0.2) is 16.9 Å². The predicted octanol–water partition coefficient (Wildman–Crippen LogP) is 0.597. The highest BCUT2D eigenvalue weighted by atomic mass is 16.1. The van der Waals surface area contributed by atoms with Crippen LogP contribution in [0.5, 0.6) is 0 Å². The molecule has 1 fully saturated rings. The van der Waals surface area contributed by atoms with Gasteiger partial charge >= 0.3 is 0 Å². The number of aromatic nitrogens is 1. The van der Waals surface area contributed by atoms with E-state index in [0.29, 0.717) is 11.8 Å². The second kappa shape index (κ2) is 3.63. The van der Waals surface area contributed by atoms with Crippen LogP contribution in [0.25, 0.3) is 0 Å². The molecule has 0 aromatic carbocycles. The number of hydrogen-bond donors (Lipinski definition) is 2. The van der Waals surface area contributed by atoms with Gasteiger partial charge in [0.05, 0.1) is 0 Å². The van der Waals surface area contributed by atoms with E-state index in [4.69, 9.17) is 0 Å². The van der Waals surface area contributed by atoms with Crippen LogP contribution in [0.1, 0.15) is 18.0 Å². The Morgan fingerprint density at radius 2 is 2.31 bits per heavy atom. The van der Waals surface area contributed by atoms with Gasteiger partial charge in [0.15, 0.2) is 0 Å². The highest BCUT2D eigenvalue weighted by Gasteiger charge is 2.30. The van der Waals surface area contributed by atoms with E-state index in [2.05, 4.69) is 16.7 Å². The van der Waals surface area contributed by atoms with Gasteiger partial charge in [0.2, 0.25) is 0 Å². The highest BCUT2D eigenvalue weighted by molar-refractivity contribution is 5.44. The summed E-state index contributed by atoms with van der Waals surface area (Å²) < 4.78 is 1.96. The summed E-state index contributed by atoms with van der Waals surface area (Å²) in [5.74, 6) is 1.14. The molecular weight excluding hydrogens is 202 g/mol. The second-order valence-electron chi connectivity index (χ2n) is 4.82. The lowest BCUT2D eigenvalue weighted by atomic mass is 9.84. The van der Waals surface area contributed by atoms with E-state index in [1.54, 1.807) is 6.07 Å². The normalized spacial score (nSPS) is 27.3. The summed E-state index contributed by atoms with van der Waals surface area (Å²) in [4.78, 5) is 12.0. The maximum absolute atomic E-state index is 12.0. The summed E-state index contributed by atoms with van der Waals surface area (Å²) in [5.41, 5.74) is 2.26. The maximum atomic E-state index is 12.0. The lowest BCUT2D eigenvalue weighted by Gasteiger charge is -2.37. The summed E-state index contributed by atoms with van der Waals surface area (Å²) in [6.07, 6.45) is 1.22. The van der Waals surface area contributed by atoms with Crippen LogP contribution in [-0.2, 0) is 6.54 Å². The monoisotopic (exact) mass is 219 g/mol. The number of fused-ring (bicyclic) bond motifs is 4. The van der Waals surface area contributed by atoms with Crippen molar-refractivity contribution in [2.45, 2.75) is 18.9 Å². The molecule has 0 aliphatic carbocycles. The molecule has 0 unspecified atom stereocenters. The van der Waals surface area contributed by atoms with Crippen LogP contribution in [0.3, 0.4) is 0 Å². The van der Waals surface area contributed by atoms with E-state index in [-0.39, 0.29) is 5.56 Å². The van der Waals surface area contributed by atoms with Crippen LogP contribution in [0.2, 0.25) is 0 Å². The molecule has 2 aliphatic rings. The molecule has 3 heterocycles. The number of nitrogens with zero attached hydrogens (tertiary/aromatic N) is 1. The van der Waals surface area contributed by atoms with E-state index in [1.165, 1.54) is 12.1 Å². The Bertz CT molecular complexity index is 466. The van der Waals surface area contributed by atoms with Gasteiger partial charge in [-0.05, 0) is 24.9 Å². The molecule has 2 atom stereocenters. The minimum Gasteiger partial charge on any atom is -0.388 e. The second-order valence-corrected chi connectivity index (χ2v) is 4.82. The molecule has 4 heteroatoms. The van der Waals surface area contributed by atoms with Crippen LogP contribution in [0, 0.1) is 5.92 Å². The summed E-state index contributed by atoms with van der Waals surface area (Å²) >= 11 is 0. The molecule has 2 aliphatic heterocycles. The predicted molar refractivity (Wildman–Crippen MR) is 64.0 cm³/mol. The van der Waals surface area contributed by atoms with Crippen molar-refractivity contribution in [1.29, 1.82) is 0 Å². The van der Waals surface area contributed by atoms with Crippen molar-refractivity contribution in [3.63, 3.8) is 0 Å². The largest absolute Gasteiger partial charge is 0.388 e. The number of pyridine rings is 1. The van der Waals surface area contributed by atoms with Gasteiger partial charge in [-0.2, -0.15) is 0 Å². The summed E-state index contributed by atoms with van der Waals surface area (Å²) in [7, 11) is 1.86. The Morgan fingerprint density at radius 1 is 1.44 bits per heavy atom. The zero-order valence-electron chi connectivity index (χ0n) is 9.49. The zero-order chi connectivity index (χ0) is 11.1. The van der Waals surface area contributed by atoms with Crippen molar-refractivity contribution in [2.75, 3.05) is 25.5 Å². The Balaban J connectivity index is 2.13. The van der Waals surface area contributed by atoms with Crippen LogP contribution in [-0.4, -0.2) is 24.7 Å². The molecule has 0 radical (unpaired) electrons. The lowest BCUT2D eigenvalue weighted by molar-refractivity contribution is 0.257. The molecule has 0 saturated carbocycles. The average molecular weight is 219 g/mol. The maximum Gasteiger partial charge on any atom is 0.252 e. The number of hydrogen-bond acceptors (Lipinski definition) is 3. The number of anilines is 1. The Kier molecular flexibility index (Phi) is 2.24. The van der Waals surface area contributed by atoms with E-state index >= 15 is 0 Å². The third kappa shape index (κ3) is 1.45. The number of nitrogens with one attached hydrogen (secondary N) is 2. The van der Waals surface area contributed by atoms with Gasteiger partial charge in [-0.3, -0.25) is 4.79 Å². The van der Waals surface area contributed by atoms with Crippen LogP contribution in [0.4, 0.5) is 5.69 Å². The minimum atomic E-state index is 0.137. The first-order chi connectivity index (χ1) is 7.78. The Morgan fingerprint density at radius 3 is 3.12 bits per heavy atom. The summed E-state index contributed by atoms with van der Waals surface area (Å²) in [5, 5.41) is 6.51. The molecule has 3 rings (SSSR count). The van der Waals surface area contributed by atoms with Gasteiger partial charge < -0.3 is 15.2 Å². The highest BCUT2D eigenvalue weighted by Crippen LogP contribution is 2.32. The first-order valence-electron chi connectivity index (χ1n) is 5.91. The molecule has 2 N–H and O–H groups in total. The Hall–Kier alpha value is -1.29. The van der Waals surface area contributed by atoms with Crippen molar-refractivity contribution in [1.82, 2.24) is 9.88 Å². The van der Waals surface area contributed by atoms with Crippen LogP contribution < -0.4 is 16.2 Å². The average Bonchev–Trinajstić information content (AvgIpc) is 2.31. The van der Waals surface area contributed by atoms with Crippen molar-refractivity contribution in [3.05, 3.63) is 28.2 Å². The van der Waals surface area contributed by atoms with E-state index in [9.17, 15) is 4.79 Å². The quantitative estimate of drug-likeness (QED) is 0.727. The zero-order valence-corrected chi connectivity index (χ0v) is 9.49. The molecule has 0 amide bonds. The third-order valence-corrected chi connectivity index (χ3v) is 3.75. The third-order valence-electron chi connectivity index (χ3n) is 3.75. The number of rotatable bonds is 1. The smallest absolute Gasteiger partial charge is 0.252 e. The summed E-state index contributed by atoms with van der Waals surface area (Å²) in [6, 6.07) is 3.81. The van der Waals surface area contributed by atoms with Crippen molar-refractivity contribution >= 4 is 5.69 Å². The van der Waals surface area contributed by atoms with Crippen molar-refractivity contribution in [3.8, 4) is 0 Å². The van der Waals surface area contributed by atoms with Gasteiger partial charge in [0.1, 0.15) is 0 Å². The fourth-order valence-corrected chi connectivity index (χ4v) is 2.95. The standard InChI is InChI=1S/C12H17N3O/c1-13-10-3-11-9-2-8(5-14-6-9)7-15(11)12(16)4-10/h3-4,8-9,13-14H,2,5-7H2,1H3/t8-,9+/m0/s1. The fraction of sp³-hybridized carbons (Fsp3) is 0.583. The van der Waals surface area contributed by atoms with Gasteiger partial charge in [-0.25, -0.2) is 0 Å². The molecule has 86 valence electrons. The molecule has 1 aromatic rings. The molecular formula is C12H17N3O. The molecule has 16 heavy (non-hydrogen) atoms. The van der Waals surface area contributed by atoms with E-state index in [1.807, 2.05) is 11.6 Å². The summed E-state index contributed by atoms with van der Waals surface area (Å²) in [6.45, 7) is 2.93. The molecule has 0 spiro atoms. The van der Waals surface area contributed by atoms with Gasteiger partial charge in [0.25, 0.3) is 5.56 Å². The van der Waals surface area contributed by atoms with Gasteiger partial charge in [0, 0.05) is 43.5 Å². The Labute approximate surface area is 94.7 Å². The van der Waals surface area contributed by atoms with Crippen LogP contribution >= 0.6 is 0 Å². The topological polar surface area (TPSA) is 46.1 Å². The molecule has 1 aromatic heterocycles.